The summed E-state index contributed by atoms with van der Waals surface area (Å²) in [5.74, 6) is 0.368. The summed E-state index contributed by atoms with van der Waals surface area (Å²) in [5.41, 5.74) is 1.91. The molecule has 0 spiro atoms. The van der Waals surface area contributed by atoms with Crippen molar-refractivity contribution in [3.05, 3.63) is 40.7 Å². The molecule has 0 saturated carbocycles. The molecule has 0 bridgehead atoms. The van der Waals surface area contributed by atoms with Gasteiger partial charge in [-0.3, -0.25) is 0 Å². The zero-order valence-corrected chi connectivity index (χ0v) is 12.5. The number of ether oxygens (including phenoxy) is 1. The molecule has 0 atom stereocenters. The van der Waals surface area contributed by atoms with Crippen molar-refractivity contribution < 1.29 is 9.84 Å². The maximum atomic E-state index is 9.00. The van der Waals surface area contributed by atoms with Crippen LogP contribution in [0, 0.1) is 0 Å². The monoisotopic (exact) mass is 308 g/mol. The highest BCUT2D eigenvalue weighted by Gasteiger charge is 2.05. The maximum absolute atomic E-state index is 9.00. The summed E-state index contributed by atoms with van der Waals surface area (Å²) in [6.45, 7) is 3.11. The zero-order chi connectivity index (χ0) is 15.1. The number of hydrogen-bond donors (Lipinski definition) is 2. The third kappa shape index (κ3) is 4.84. The maximum Gasteiger partial charge on any atom is 0.322 e. The zero-order valence-electron chi connectivity index (χ0n) is 11.7. The summed E-state index contributed by atoms with van der Waals surface area (Å²) >= 11 is 5.84. The largest absolute Gasteiger partial charge is 0.463 e. The molecule has 21 heavy (non-hydrogen) atoms. The fraction of sp³-hybridized carbons (Fsp3) is 0.357. The predicted molar refractivity (Wildman–Crippen MR) is 80.3 cm³/mol. The van der Waals surface area contributed by atoms with Crippen LogP contribution in [0.3, 0.4) is 0 Å². The van der Waals surface area contributed by atoms with E-state index in [4.69, 9.17) is 21.4 Å². The van der Waals surface area contributed by atoms with Crippen LogP contribution in [0.4, 0.5) is 5.95 Å². The summed E-state index contributed by atoms with van der Waals surface area (Å²) in [6.07, 6.45) is 0.864. The van der Waals surface area contributed by atoms with Crippen LogP contribution in [0.1, 0.15) is 24.5 Å². The molecule has 0 radical (unpaired) electrons. The summed E-state index contributed by atoms with van der Waals surface area (Å²) in [7, 11) is 0. The van der Waals surface area contributed by atoms with E-state index < -0.39 is 0 Å². The number of nitrogens with one attached hydrogen (secondary N) is 1. The molecule has 112 valence electrons. The fourth-order valence-corrected chi connectivity index (χ4v) is 1.76. The molecule has 0 aliphatic heterocycles. The van der Waals surface area contributed by atoms with Gasteiger partial charge in [0.2, 0.25) is 11.2 Å². The average Bonchev–Trinajstić information content (AvgIpc) is 2.51. The molecular formula is C14H17ClN4O2. The number of aromatic nitrogens is 3. The number of nitrogens with zero attached hydrogens (tertiary/aromatic N) is 3. The third-order valence-corrected chi connectivity index (χ3v) is 2.85. The molecular weight excluding hydrogens is 292 g/mol. The van der Waals surface area contributed by atoms with E-state index in [1.54, 1.807) is 0 Å². The molecule has 0 aliphatic rings. The molecule has 0 amide bonds. The van der Waals surface area contributed by atoms with Gasteiger partial charge in [-0.2, -0.15) is 15.0 Å². The van der Waals surface area contributed by atoms with Crippen molar-refractivity contribution in [2.24, 2.45) is 0 Å². The summed E-state index contributed by atoms with van der Waals surface area (Å²) in [6, 6.07) is 7.81. The minimum atomic E-state index is 0.0366. The Bertz CT molecular complexity index is 578. The summed E-state index contributed by atoms with van der Waals surface area (Å²) in [4.78, 5) is 12.0. The lowest BCUT2D eigenvalue weighted by Gasteiger charge is -2.08. The second-order valence-corrected chi connectivity index (χ2v) is 4.73. The number of anilines is 1. The van der Waals surface area contributed by atoms with E-state index in [0.717, 1.165) is 17.5 Å². The Morgan fingerprint density at radius 2 is 1.86 bits per heavy atom. The highest BCUT2D eigenvalue weighted by atomic mass is 35.5. The first-order chi connectivity index (χ1) is 10.2. The molecule has 2 rings (SSSR count). The van der Waals surface area contributed by atoms with Crippen LogP contribution < -0.4 is 10.1 Å². The second-order valence-electron chi connectivity index (χ2n) is 4.39. The van der Waals surface area contributed by atoms with Gasteiger partial charge in [-0.1, -0.05) is 31.2 Å². The molecule has 2 N–H and O–H groups in total. The lowest BCUT2D eigenvalue weighted by atomic mass is 10.1. The number of aliphatic hydroxyl groups excluding tert-OH is 1. The van der Waals surface area contributed by atoms with Crippen LogP contribution in [0.25, 0.3) is 0 Å². The molecule has 1 aromatic carbocycles. The van der Waals surface area contributed by atoms with Crippen LogP contribution in [-0.2, 0) is 13.2 Å². The Morgan fingerprint density at radius 3 is 2.52 bits per heavy atom. The van der Waals surface area contributed by atoms with E-state index in [0.29, 0.717) is 19.1 Å². The van der Waals surface area contributed by atoms with Gasteiger partial charge in [-0.05, 0) is 29.1 Å². The molecule has 1 aromatic heterocycles. The topological polar surface area (TPSA) is 80.2 Å². The van der Waals surface area contributed by atoms with Gasteiger partial charge in [0, 0.05) is 6.54 Å². The van der Waals surface area contributed by atoms with E-state index in [1.165, 1.54) is 0 Å². The molecule has 2 aromatic rings. The van der Waals surface area contributed by atoms with E-state index >= 15 is 0 Å². The van der Waals surface area contributed by atoms with Crippen LogP contribution in [0.2, 0.25) is 5.28 Å². The van der Waals surface area contributed by atoms with E-state index in [9.17, 15) is 0 Å². The van der Waals surface area contributed by atoms with E-state index in [1.807, 2.05) is 31.2 Å². The number of halogens is 1. The molecule has 0 saturated heterocycles. The SMILES string of the molecule is CCCOc1nc(Cl)nc(NCc2ccc(CO)cc2)n1. The third-order valence-electron chi connectivity index (χ3n) is 2.68. The number of hydrogen-bond acceptors (Lipinski definition) is 6. The Balaban J connectivity index is 1.99. The first kappa shape index (κ1) is 15.5. The number of aliphatic hydroxyl groups is 1. The van der Waals surface area contributed by atoms with Crippen molar-refractivity contribution in [3.8, 4) is 6.01 Å². The van der Waals surface area contributed by atoms with Crippen LogP contribution >= 0.6 is 11.6 Å². The first-order valence-electron chi connectivity index (χ1n) is 6.68. The van der Waals surface area contributed by atoms with Crippen molar-refractivity contribution in [2.45, 2.75) is 26.5 Å². The van der Waals surface area contributed by atoms with Gasteiger partial charge >= 0.3 is 6.01 Å². The van der Waals surface area contributed by atoms with Gasteiger partial charge in [0.05, 0.1) is 13.2 Å². The van der Waals surface area contributed by atoms with Crippen molar-refractivity contribution in [1.29, 1.82) is 0 Å². The van der Waals surface area contributed by atoms with Crippen LogP contribution in [-0.4, -0.2) is 26.7 Å². The number of benzene rings is 1. The lowest BCUT2D eigenvalue weighted by Crippen LogP contribution is -2.07. The van der Waals surface area contributed by atoms with Gasteiger partial charge in [-0.25, -0.2) is 0 Å². The highest BCUT2D eigenvalue weighted by Crippen LogP contribution is 2.13. The number of rotatable bonds is 7. The van der Waals surface area contributed by atoms with E-state index in [-0.39, 0.29) is 17.9 Å². The quantitative estimate of drug-likeness (QED) is 0.817. The molecule has 1 heterocycles. The molecule has 0 fully saturated rings. The molecule has 0 unspecified atom stereocenters. The van der Waals surface area contributed by atoms with Crippen molar-refractivity contribution in [3.63, 3.8) is 0 Å². The van der Waals surface area contributed by atoms with Gasteiger partial charge in [-0.15, -0.1) is 0 Å². The Labute approximate surface area is 128 Å². The normalized spacial score (nSPS) is 10.4. The van der Waals surface area contributed by atoms with Crippen molar-refractivity contribution >= 4 is 17.5 Å². The lowest BCUT2D eigenvalue weighted by molar-refractivity contribution is 0.282. The van der Waals surface area contributed by atoms with Crippen molar-refractivity contribution in [2.75, 3.05) is 11.9 Å². The Morgan fingerprint density at radius 1 is 1.14 bits per heavy atom. The second kappa shape index (κ2) is 7.75. The van der Waals surface area contributed by atoms with Crippen LogP contribution in [0.5, 0.6) is 6.01 Å². The highest BCUT2D eigenvalue weighted by molar-refractivity contribution is 6.28. The van der Waals surface area contributed by atoms with Gasteiger partial charge in [0.15, 0.2) is 0 Å². The first-order valence-corrected chi connectivity index (χ1v) is 7.06. The molecule has 6 nitrogen and oxygen atoms in total. The van der Waals surface area contributed by atoms with Crippen LogP contribution in [0.15, 0.2) is 24.3 Å². The summed E-state index contributed by atoms with van der Waals surface area (Å²) < 4.78 is 5.34. The summed E-state index contributed by atoms with van der Waals surface area (Å²) in [5, 5.41) is 12.2. The van der Waals surface area contributed by atoms with Crippen molar-refractivity contribution in [1.82, 2.24) is 15.0 Å². The molecule has 7 heteroatoms. The average molecular weight is 309 g/mol. The predicted octanol–water partition coefficient (Wildman–Crippen LogP) is 2.42. The minimum Gasteiger partial charge on any atom is -0.463 e. The standard InChI is InChI=1S/C14H17ClN4O2/c1-2-7-21-14-18-12(15)17-13(19-14)16-8-10-3-5-11(9-20)6-4-10/h3-6,20H,2,7-9H2,1H3,(H,16,17,18,19). The smallest absolute Gasteiger partial charge is 0.322 e. The molecule has 0 aliphatic carbocycles. The Kier molecular flexibility index (Phi) is 5.71. The fourth-order valence-electron chi connectivity index (χ4n) is 1.61. The van der Waals surface area contributed by atoms with Gasteiger partial charge in [0.25, 0.3) is 0 Å². The van der Waals surface area contributed by atoms with E-state index in [2.05, 4.69) is 20.3 Å². The Hall–Kier alpha value is -1.92. The minimum absolute atomic E-state index is 0.0366. The van der Waals surface area contributed by atoms with Gasteiger partial charge < -0.3 is 15.2 Å². The van der Waals surface area contributed by atoms with Gasteiger partial charge in [0.1, 0.15) is 0 Å².